The Balaban J connectivity index is 1.93. The number of carbonyl (C=O) groups is 2. The summed E-state index contributed by atoms with van der Waals surface area (Å²) in [6.07, 6.45) is 1.45. The van der Waals surface area contributed by atoms with E-state index in [0.717, 1.165) is 5.56 Å². The number of carboxylic acid groups (broad SMARTS) is 1. The highest BCUT2D eigenvalue weighted by Gasteiger charge is 2.06. The molecule has 0 aliphatic rings. The first kappa shape index (κ1) is 14.5. The minimum atomic E-state index is -0.952. The van der Waals surface area contributed by atoms with Crippen LogP contribution in [0.4, 0.5) is 5.69 Å². The predicted molar refractivity (Wildman–Crippen MR) is 76.0 cm³/mol. The van der Waals surface area contributed by atoms with Crippen molar-refractivity contribution in [2.24, 2.45) is 0 Å². The summed E-state index contributed by atoms with van der Waals surface area (Å²) in [6, 6.07) is 9.55. The molecule has 2 rings (SSSR count). The van der Waals surface area contributed by atoms with Crippen LogP contribution in [-0.4, -0.2) is 27.1 Å². The van der Waals surface area contributed by atoms with Crippen molar-refractivity contribution in [3.8, 4) is 5.75 Å². The van der Waals surface area contributed by atoms with Gasteiger partial charge in [0.25, 0.3) is 0 Å². The van der Waals surface area contributed by atoms with E-state index in [1.807, 2.05) is 0 Å². The molecule has 3 N–H and O–H groups in total. The highest BCUT2D eigenvalue weighted by atomic mass is 16.4. The van der Waals surface area contributed by atoms with Crippen molar-refractivity contribution < 1.29 is 19.8 Å². The first-order valence-electron chi connectivity index (χ1n) is 6.27. The Bertz CT molecular complexity index is 636. The Morgan fingerprint density at radius 3 is 2.33 bits per heavy atom. The van der Waals surface area contributed by atoms with Crippen LogP contribution in [0.25, 0.3) is 0 Å². The van der Waals surface area contributed by atoms with Crippen LogP contribution in [0.1, 0.15) is 11.3 Å². The smallest absolute Gasteiger partial charge is 0.309 e. The Morgan fingerprint density at radius 1 is 1.05 bits per heavy atom. The van der Waals surface area contributed by atoms with Gasteiger partial charge >= 0.3 is 5.97 Å². The molecule has 0 aliphatic heterocycles. The van der Waals surface area contributed by atoms with E-state index in [1.165, 1.54) is 18.3 Å². The number of aromatic hydroxyl groups is 1. The van der Waals surface area contributed by atoms with Crippen molar-refractivity contribution in [3.63, 3.8) is 0 Å². The van der Waals surface area contributed by atoms with Gasteiger partial charge in [0.15, 0.2) is 0 Å². The van der Waals surface area contributed by atoms with Crippen LogP contribution in [-0.2, 0) is 22.4 Å². The zero-order valence-electron chi connectivity index (χ0n) is 11.1. The lowest BCUT2D eigenvalue weighted by molar-refractivity contribution is -0.136. The van der Waals surface area contributed by atoms with Gasteiger partial charge in [-0.3, -0.25) is 14.6 Å². The standard InChI is InChI=1S/C15H14N2O4/c18-13-5-1-10(2-6-13)7-14(19)17-12-4-3-11(16-9-12)8-15(20)21/h1-6,9,18H,7-8H2,(H,17,19)(H,20,21). The molecule has 2 aromatic rings. The molecule has 0 spiro atoms. The van der Waals surface area contributed by atoms with Crippen molar-refractivity contribution >= 4 is 17.6 Å². The minimum Gasteiger partial charge on any atom is -0.508 e. The van der Waals surface area contributed by atoms with Crippen LogP contribution in [0.5, 0.6) is 5.75 Å². The molecule has 1 amide bonds. The minimum absolute atomic E-state index is 0.150. The van der Waals surface area contributed by atoms with Gasteiger partial charge in [-0.05, 0) is 29.8 Å². The van der Waals surface area contributed by atoms with Crippen LogP contribution in [0.2, 0.25) is 0 Å². The molecule has 6 nitrogen and oxygen atoms in total. The average molecular weight is 286 g/mol. The largest absolute Gasteiger partial charge is 0.508 e. The fourth-order valence-electron chi connectivity index (χ4n) is 1.76. The van der Waals surface area contributed by atoms with Crippen molar-refractivity contribution in [1.82, 2.24) is 4.98 Å². The van der Waals surface area contributed by atoms with Crippen molar-refractivity contribution in [1.29, 1.82) is 0 Å². The van der Waals surface area contributed by atoms with Crippen LogP contribution in [0, 0.1) is 0 Å². The van der Waals surface area contributed by atoms with Gasteiger partial charge in [-0.2, -0.15) is 0 Å². The second-order valence-corrected chi connectivity index (χ2v) is 4.50. The number of phenols is 1. The summed E-state index contributed by atoms with van der Waals surface area (Å²) in [5.74, 6) is -1.02. The summed E-state index contributed by atoms with van der Waals surface area (Å²) in [5.41, 5.74) is 1.72. The average Bonchev–Trinajstić information content (AvgIpc) is 2.43. The molecule has 1 heterocycles. The van der Waals surface area contributed by atoms with Gasteiger partial charge in [-0.1, -0.05) is 12.1 Å². The van der Waals surface area contributed by atoms with Gasteiger partial charge < -0.3 is 15.5 Å². The topological polar surface area (TPSA) is 99.5 Å². The van der Waals surface area contributed by atoms with Crippen molar-refractivity contribution in [2.45, 2.75) is 12.8 Å². The molecule has 1 aromatic heterocycles. The Hall–Kier alpha value is -2.89. The fourth-order valence-corrected chi connectivity index (χ4v) is 1.76. The molecule has 0 unspecified atom stereocenters. The number of aromatic nitrogens is 1. The summed E-state index contributed by atoms with van der Waals surface area (Å²) < 4.78 is 0. The van der Waals surface area contributed by atoms with E-state index in [1.54, 1.807) is 24.3 Å². The predicted octanol–water partition coefficient (Wildman–Crippen LogP) is 1.60. The number of nitrogens with one attached hydrogen (secondary N) is 1. The van der Waals surface area contributed by atoms with Gasteiger partial charge in [0, 0.05) is 0 Å². The summed E-state index contributed by atoms with van der Waals surface area (Å²) >= 11 is 0. The lowest BCUT2D eigenvalue weighted by Gasteiger charge is -2.06. The first-order chi connectivity index (χ1) is 10.0. The maximum Gasteiger partial charge on any atom is 0.309 e. The molecule has 0 fully saturated rings. The third-order valence-corrected chi connectivity index (χ3v) is 2.74. The quantitative estimate of drug-likeness (QED) is 0.775. The third-order valence-electron chi connectivity index (χ3n) is 2.74. The van der Waals surface area contributed by atoms with E-state index in [-0.39, 0.29) is 24.5 Å². The fraction of sp³-hybridized carbons (Fsp3) is 0.133. The number of aliphatic carboxylic acids is 1. The molecule has 6 heteroatoms. The normalized spacial score (nSPS) is 10.1. The Labute approximate surface area is 121 Å². The molecule has 0 atom stereocenters. The van der Waals surface area contributed by atoms with Crippen LogP contribution < -0.4 is 5.32 Å². The molecule has 0 aliphatic carbocycles. The number of pyridine rings is 1. The zero-order valence-corrected chi connectivity index (χ0v) is 11.1. The Morgan fingerprint density at radius 2 is 1.76 bits per heavy atom. The number of carboxylic acids is 1. The number of phenolic OH excluding ortho intramolecular Hbond substituents is 1. The van der Waals surface area contributed by atoms with E-state index in [9.17, 15) is 9.59 Å². The van der Waals surface area contributed by atoms with Gasteiger partial charge in [-0.25, -0.2) is 0 Å². The van der Waals surface area contributed by atoms with Crippen LogP contribution in [0.3, 0.4) is 0 Å². The number of amides is 1. The summed E-state index contributed by atoms with van der Waals surface area (Å²) in [4.78, 5) is 26.3. The van der Waals surface area contributed by atoms with E-state index in [4.69, 9.17) is 10.2 Å². The van der Waals surface area contributed by atoms with Gasteiger partial charge in [0.05, 0.1) is 30.4 Å². The molecule has 0 bridgehead atoms. The molecule has 1 aromatic carbocycles. The second kappa shape index (κ2) is 6.51. The maximum atomic E-state index is 11.8. The molecule has 0 saturated heterocycles. The number of anilines is 1. The maximum absolute atomic E-state index is 11.8. The highest BCUT2D eigenvalue weighted by Crippen LogP contribution is 2.12. The van der Waals surface area contributed by atoms with E-state index < -0.39 is 5.97 Å². The van der Waals surface area contributed by atoms with E-state index in [2.05, 4.69) is 10.3 Å². The number of hydrogen-bond acceptors (Lipinski definition) is 4. The van der Waals surface area contributed by atoms with E-state index >= 15 is 0 Å². The second-order valence-electron chi connectivity index (χ2n) is 4.50. The van der Waals surface area contributed by atoms with Gasteiger partial charge in [0.1, 0.15) is 5.75 Å². The molecular weight excluding hydrogens is 272 g/mol. The first-order valence-corrected chi connectivity index (χ1v) is 6.27. The van der Waals surface area contributed by atoms with Crippen molar-refractivity contribution in [3.05, 3.63) is 53.9 Å². The lowest BCUT2D eigenvalue weighted by Crippen LogP contribution is -2.14. The molecule has 0 saturated carbocycles. The SMILES string of the molecule is O=C(O)Cc1ccc(NC(=O)Cc2ccc(O)cc2)cn1. The number of rotatable bonds is 5. The third kappa shape index (κ3) is 4.61. The summed E-state index contributed by atoms with van der Waals surface area (Å²) in [6.45, 7) is 0. The summed E-state index contributed by atoms with van der Waals surface area (Å²) in [5, 5.41) is 20.5. The number of hydrogen-bond donors (Lipinski definition) is 3. The number of carbonyl (C=O) groups excluding carboxylic acids is 1. The monoisotopic (exact) mass is 286 g/mol. The zero-order chi connectivity index (χ0) is 15.2. The van der Waals surface area contributed by atoms with Crippen molar-refractivity contribution in [2.75, 3.05) is 5.32 Å². The Kier molecular flexibility index (Phi) is 4.50. The van der Waals surface area contributed by atoms with E-state index in [0.29, 0.717) is 11.4 Å². The molecular formula is C15H14N2O4. The van der Waals surface area contributed by atoms with Crippen LogP contribution in [0.15, 0.2) is 42.6 Å². The number of nitrogens with zero attached hydrogens (tertiary/aromatic N) is 1. The summed E-state index contributed by atoms with van der Waals surface area (Å²) in [7, 11) is 0. The van der Waals surface area contributed by atoms with Gasteiger partial charge in [0.2, 0.25) is 5.91 Å². The number of benzene rings is 1. The molecule has 108 valence electrons. The molecule has 0 radical (unpaired) electrons. The van der Waals surface area contributed by atoms with Crippen LogP contribution >= 0.6 is 0 Å². The molecule has 21 heavy (non-hydrogen) atoms. The van der Waals surface area contributed by atoms with Gasteiger partial charge in [-0.15, -0.1) is 0 Å². The lowest BCUT2D eigenvalue weighted by atomic mass is 10.1. The highest BCUT2D eigenvalue weighted by molar-refractivity contribution is 5.92.